The summed E-state index contributed by atoms with van der Waals surface area (Å²) in [5.41, 5.74) is 11.6. The maximum absolute atomic E-state index is 13.0. The van der Waals surface area contributed by atoms with Crippen LogP contribution >= 0.6 is 0 Å². The second-order valence-corrected chi connectivity index (χ2v) is 11.9. The molecule has 0 unspecified atom stereocenters. The maximum Gasteiger partial charge on any atom is 0.269 e. The number of non-ortho nitro benzene ring substituents is 1. The van der Waals surface area contributed by atoms with Gasteiger partial charge in [-0.3, -0.25) is 29.5 Å². The van der Waals surface area contributed by atoms with E-state index >= 15 is 0 Å². The Kier molecular flexibility index (Phi) is 13.0. The lowest BCUT2D eigenvalue weighted by molar-refractivity contribution is -0.384. The average molecular weight is 619 g/mol. The molecule has 0 aliphatic carbocycles. The number of aliphatic imine (C=N–C) groups is 1. The quantitative estimate of drug-likeness (QED) is 0.0514. The van der Waals surface area contributed by atoms with Crippen molar-refractivity contribution in [1.29, 1.82) is 0 Å². The van der Waals surface area contributed by atoms with Crippen LogP contribution in [0.2, 0.25) is 0 Å². The number of aryl methyl sites for hydroxylation is 1. The summed E-state index contributed by atoms with van der Waals surface area (Å²) in [5, 5.41) is 18.5. The highest BCUT2D eigenvalue weighted by atomic mass is 32.2. The van der Waals surface area contributed by atoms with Gasteiger partial charge in [-0.25, -0.2) is 8.42 Å². The molecule has 0 fully saturated rings. The Morgan fingerprint density at radius 2 is 1.60 bits per heavy atom. The van der Waals surface area contributed by atoms with Crippen molar-refractivity contribution < 1.29 is 27.7 Å². The van der Waals surface area contributed by atoms with Crippen molar-refractivity contribution in [1.82, 2.24) is 15.4 Å². The number of benzene rings is 2. The van der Waals surface area contributed by atoms with Gasteiger partial charge in [0.15, 0.2) is 5.96 Å². The minimum atomic E-state index is -4.02. The molecule has 8 N–H and O–H groups in total. The van der Waals surface area contributed by atoms with E-state index in [2.05, 4.69) is 25.7 Å². The third-order valence-electron chi connectivity index (χ3n) is 6.02. The number of hydrogen-bond acceptors (Lipinski definition) is 8. The molecule has 0 saturated heterocycles. The summed E-state index contributed by atoms with van der Waals surface area (Å²) < 4.78 is 28.2. The number of sulfonamides is 1. The number of nitro benzene ring substituents is 1. The highest BCUT2D eigenvalue weighted by Gasteiger charge is 2.27. The minimum absolute atomic E-state index is 0.000000855. The lowest BCUT2D eigenvalue weighted by atomic mass is 10.0. The summed E-state index contributed by atoms with van der Waals surface area (Å²) in [6.45, 7) is 5.12. The van der Waals surface area contributed by atoms with Crippen molar-refractivity contribution >= 4 is 45.1 Å². The minimum Gasteiger partial charge on any atom is -0.370 e. The predicted octanol–water partition coefficient (Wildman–Crippen LogP) is 0.890. The molecule has 2 atom stereocenters. The summed E-state index contributed by atoms with van der Waals surface area (Å²) in [4.78, 5) is 52.9. The molecule has 0 saturated carbocycles. The van der Waals surface area contributed by atoms with Crippen LogP contribution in [0.5, 0.6) is 0 Å². The SMILES string of the molecule is Cc1ccc(S(=O)(=O)N[C@H](CC(C)C)C(=O)NCC(=O)N[C@@H](CCCN=C(N)N)C(=O)Nc2ccc([N+](=O)[O-])cc2)cc1. The number of nitro groups is 1. The fourth-order valence-corrected chi connectivity index (χ4v) is 5.07. The van der Waals surface area contributed by atoms with Gasteiger partial charge in [0.1, 0.15) is 12.1 Å². The molecule has 2 rings (SSSR count). The molecule has 2 aromatic rings. The van der Waals surface area contributed by atoms with E-state index in [1.54, 1.807) is 12.1 Å². The fourth-order valence-electron chi connectivity index (χ4n) is 3.86. The van der Waals surface area contributed by atoms with E-state index in [0.717, 1.165) is 5.56 Å². The first kappa shape index (κ1) is 34.6. The molecule has 15 nitrogen and oxygen atoms in total. The summed E-state index contributed by atoms with van der Waals surface area (Å²) in [5.74, 6) is -2.21. The van der Waals surface area contributed by atoms with Gasteiger partial charge in [0, 0.05) is 24.4 Å². The molecule has 0 aliphatic heterocycles. The van der Waals surface area contributed by atoms with Crippen LogP contribution in [0, 0.1) is 23.0 Å². The van der Waals surface area contributed by atoms with Gasteiger partial charge in [-0.05, 0) is 56.4 Å². The van der Waals surface area contributed by atoms with E-state index in [1.165, 1.54) is 36.4 Å². The zero-order chi connectivity index (χ0) is 32.2. The van der Waals surface area contributed by atoms with Crippen LogP contribution in [0.25, 0.3) is 0 Å². The van der Waals surface area contributed by atoms with Gasteiger partial charge >= 0.3 is 0 Å². The lowest BCUT2D eigenvalue weighted by Gasteiger charge is -2.21. The largest absolute Gasteiger partial charge is 0.370 e. The van der Waals surface area contributed by atoms with E-state index in [1.807, 2.05) is 20.8 Å². The summed E-state index contributed by atoms with van der Waals surface area (Å²) in [6, 6.07) is 9.07. The van der Waals surface area contributed by atoms with Gasteiger partial charge in [0.25, 0.3) is 5.69 Å². The van der Waals surface area contributed by atoms with E-state index in [-0.39, 0.29) is 47.5 Å². The molecule has 0 heterocycles. The number of carbonyl (C=O) groups is 3. The molecule has 0 aromatic heterocycles. The number of amides is 3. The number of nitrogens with one attached hydrogen (secondary N) is 4. The van der Waals surface area contributed by atoms with Crippen molar-refractivity contribution in [3.8, 4) is 0 Å². The molecule has 0 spiro atoms. The summed E-state index contributed by atoms with van der Waals surface area (Å²) in [7, 11) is -4.02. The van der Waals surface area contributed by atoms with Gasteiger partial charge < -0.3 is 27.4 Å². The third kappa shape index (κ3) is 12.1. The predicted molar refractivity (Wildman–Crippen MR) is 161 cm³/mol. The number of hydrogen-bond donors (Lipinski definition) is 6. The van der Waals surface area contributed by atoms with Crippen molar-refractivity contribution in [3.05, 3.63) is 64.2 Å². The van der Waals surface area contributed by atoms with Gasteiger partial charge in [-0.2, -0.15) is 4.72 Å². The first-order valence-electron chi connectivity index (χ1n) is 13.4. The molecular formula is C27H38N8O7S. The average Bonchev–Trinajstić information content (AvgIpc) is 2.93. The highest BCUT2D eigenvalue weighted by molar-refractivity contribution is 7.89. The van der Waals surface area contributed by atoms with Gasteiger partial charge in [0.2, 0.25) is 27.7 Å². The fraction of sp³-hybridized carbons (Fsp3) is 0.407. The first-order chi connectivity index (χ1) is 20.2. The number of nitrogens with zero attached hydrogens (tertiary/aromatic N) is 2. The maximum atomic E-state index is 13.0. The van der Waals surface area contributed by atoms with Crippen molar-refractivity contribution in [3.63, 3.8) is 0 Å². The number of anilines is 1. The number of rotatable bonds is 16. The monoisotopic (exact) mass is 618 g/mol. The van der Waals surface area contributed by atoms with E-state index in [0.29, 0.717) is 6.42 Å². The Bertz CT molecular complexity index is 1410. The van der Waals surface area contributed by atoms with E-state index < -0.39 is 51.3 Å². The van der Waals surface area contributed by atoms with Crippen molar-refractivity contribution in [2.24, 2.45) is 22.4 Å². The summed E-state index contributed by atoms with van der Waals surface area (Å²) in [6.07, 6.45) is 0.616. The van der Waals surface area contributed by atoms with Crippen LogP contribution in [0.4, 0.5) is 11.4 Å². The molecule has 0 bridgehead atoms. The van der Waals surface area contributed by atoms with Crippen LogP contribution in [-0.2, 0) is 24.4 Å². The Balaban J connectivity index is 2.07. The molecular weight excluding hydrogens is 580 g/mol. The van der Waals surface area contributed by atoms with Gasteiger partial charge in [0.05, 0.1) is 16.4 Å². The molecule has 234 valence electrons. The zero-order valence-electron chi connectivity index (χ0n) is 24.2. The third-order valence-corrected chi connectivity index (χ3v) is 7.51. The van der Waals surface area contributed by atoms with Crippen molar-refractivity contribution in [2.75, 3.05) is 18.4 Å². The number of nitrogens with two attached hydrogens (primary N) is 2. The normalized spacial score (nSPS) is 12.6. The van der Waals surface area contributed by atoms with Crippen LogP contribution < -0.4 is 32.1 Å². The molecule has 2 aromatic carbocycles. The van der Waals surface area contributed by atoms with E-state index in [9.17, 15) is 32.9 Å². The molecule has 0 aliphatic rings. The Hall–Kier alpha value is -4.57. The Labute approximate surface area is 250 Å². The summed E-state index contributed by atoms with van der Waals surface area (Å²) >= 11 is 0. The zero-order valence-corrected chi connectivity index (χ0v) is 25.0. The van der Waals surface area contributed by atoms with Gasteiger partial charge in [-0.15, -0.1) is 0 Å². The molecule has 0 radical (unpaired) electrons. The molecule has 3 amide bonds. The molecule has 43 heavy (non-hydrogen) atoms. The Morgan fingerprint density at radius 3 is 2.16 bits per heavy atom. The second kappa shape index (κ2) is 16.2. The molecule has 16 heteroatoms. The Morgan fingerprint density at radius 1 is 0.977 bits per heavy atom. The standard InChI is InChI=1S/C27H38N8O7S/c1-17(2)15-23(34-43(41,42)21-12-6-18(3)7-13-21)25(37)31-16-24(36)33-22(5-4-14-30-27(28)29)26(38)32-19-8-10-20(11-9-19)35(39)40/h6-13,17,22-23,34H,4-5,14-16H2,1-3H3,(H,31,37)(H,32,38)(H,33,36)(H4,28,29,30)/t22-,23+/m0/s1. The van der Waals surface area contributed by atoms with Crippen molar-refractivity contribution in [2.45, 2.75) is 57.0 Å². The lowest BCUT2D eigenvalue weighted by Crippen LogP contribution is -2.51. The van der Waals surface area contributed by atoms with Crippen LogP contribution in [0.15, 0.2) is 58.4 Å². The second-order valence-electron chi connectivity index (χ2n) is 10.2. The number of carbonyl (C=O) groups excluding carboxylic acids is 3. The van der Waals surface area contributed by atoms with Crippen LogP contribution in [0.3, 0.4) is 0 Å². The van der Waals surface area contributed by atoms with Crippen LogP contribution in [-0.4, -0.2) is 62.2 Å². The van der Waals surface area contributed by atoms with E-state index in [4.69, 9.17) is 11.5 Å². The first-order valence-corrected chi connectivity index (χ1v) is 14.9. The topological polar surface area (TPSA) is 241 Å². The highest BCUT2D eigenvalue weighted by Crippen LogP contribution is 2.16. The van der Waals surface area contributed by atoms with Gasteiger partial charge in [-0.1, -0.05) is 31.5 Å². The van der Waals surface area contributed by atoms with Crippen LogP contribution in [0.1, 0.15) is 38.7 Å². The smallest absolute Gasteiger partial charge is 0.269 e. The number of guanidine groups is 1.